The summed E-state index contributed by atoms with van der Waals surface area (Å²) in [5.74, 6) is -1.69. The molecule has 0 radical (unpaired) electrons. The average Bonchev–Trinajstić information content (AvgIpc) is 2.93. The number of nitrogens with zero attached hydrogens (tertiary/aromatic N) is 1. The van der Waals surface area contributed by atoms with Crippen molar-refractivity contribution in [3.8, 4) is 0 Å². The molecule has 2 aromatic heterocycles. The topological polar surface area (TPSA) is 110 Å². The van der Waals surface area contributed by atoms with Crippen molar-refractivity contribution in [3.63, 3.8) is 0 Å². The van der Waals surface area contributed by atoms with Crippen molar-refractivity contribution in [2.24, 2.45) is 0 Å². The molecule has 2 heterocycles. The first-order chi connectivity index (χ1) is 9.29. The molecule has 0 saturated heterocycles. The number of nitrogens with one attached hydrogen (secondary N) is 1. The van der Waals surface area contributed by atoms with Crippen molar-refractivity contribution < 1.29 is 22.7 Å². The van der Waals surface area contributed by atoms with Gasteiger partial charge in [-0.3, -0.25) is 0 Å². The molecule has 2 N–H and O–H groups in total. The van der Waals surface area contributed by atoms with Crippen LogP contribution in [-0.4, -0.2) is 24.5 Å². The number of sulfonamides is 1. The highest BCUT2D eigenvalue weighted by atomic mass is 32.2. The highest BCUT2D eigenvalue weighted by Gasteiger charge is 2.23. The first-order valence-electron chi connectivity index (χ1n) is 5.54. The predicted octanol–water partition coefficient (Wildman–Crippen LogP) is 1.53. The van der Waals surface area contributed by atoms with Crippen LogP contribution in [0.15, 0.2) is 20.8 Å². The van der Waals surface area contributed by atoms with E-state index in [9.17, 15) is 13.2 Å². The van der Waals surface area contributed by atoms with Gasteiger partial charge in [-0.15, -0.1) is 11.3 Å². The SMILES string of the molecule is Cc1nc(CNS(=O)(=O)c2cc(C(=O)O)oc2C)cs1. The predicted molar refractivity (Wildman–Crippen MR) is 71.3 cm³/mol. The number of carboxylic acid groups (broad SMARTS) is 1. The molecule has 0 aliphatic carbocycles. The van der Waals surface area contributed by atoms with Gasteiger partial charge in [0.1, 0.15) is 10.7 Å². The van der Waals surface area contributed by atoms with Crippen LogP contribution in [0, 0.1) is 13.8 Å². The fourth-order valence-electron chi connectivity index (χ4n) is 1.57. The van der Waals surface area contributed by atoms with Gasteiger partial charge in [0.2, 0.25) is 15.8 Å². The van der Waals surface area contributed by atoms with Gasteiger partial charge in [-0.05, 0) is 13.8 Å². The Hall–Kier alpha value is -1.71. The lowest BCUT2D eigenvalue weighted by Crippen LogP contribution is -2.23. The third kappa shape index (κ3) is 3.06. The van der Waals surface area contributed by atoms with Gasteiger partial charge in [0, 0.05) is 11.4 Å². The summed E-state index contributed by atoms with van der Waals surface area (Å²) in [6.07, 6.45) is 0. The van der Waals surface area contributed by atoms with Crippen LogP contribution in [0.3, 0.4) is 0 Å². The van der Waals surface area contributed by atoms with Gasteiger partial charge in [-0.1, -0.05) is 0 Å². The number of aryl methyl sites for hydroxylation is 2. The van der Waals surface area contributed by atoms with Gasteiger partial charge in [0.25, 0.3) is 0 Å². The second kappa shape index (κ2) is 5.35. The Morgan fingerprint density at radius 3 is 2.70 bits per heavy atom. The fraction of sp³-hybridized carbons (Fsp3) is 0.273. The van der Waals surface area contributed by atoms with Crippen molar-refractivity contribution >= 4 is 27.3 Å². The lowest BCUT2D eigenvalue weighted by Gasteiger charge is -2.03. The van der Waals surface area contributed by atoms with Crippen LogP contribution in [0.2, 0.25) is 0 Å². The van der Waals surface area contributed by atoms with E-state index in [-0.39, 0.29) is 17.2 Å². The normalized spacial score (nSPS) is 11.7. The summed E-state index contributed by atoms with van der Waals surface area (Å²) in [7, 11) is -3.84. The first kappa shape index (κ1) is 14.7. The number of carbonyl (C=O) groups is 1. The number of carboxylic acids is 1. The van der Waals surface area contributed by atoms with Crippen LogP contribution in [0.1, 0.15) is 27.0 Å². The Labute approximate surface area is 119 Å². The number of hydrogen-bond acceptors (Lipinski definition) is 6. The molecule has 0 spiro atoms. The van der Waals surface area contributed by atoms with E-state index < -0.39 is 21.8 Å². The number of rotatable bonds is 5. The molecule has 2 aromatic rings. The smallest absolute Gasteiger partial charge is 0.371 e. The van der Waals surface area contributed by atoms with E-state index in [4.69, 9.17) is 9.52 Å². The zero-order valence-electron chi connectivity index (χ0n) is 10.7. The molecule has 0 amide bonds. The van der Waals surface area contributed by atoms with E-state index >= 15 is 0 Å². The molecule has 0 bridgehead atoms. The van der Waals surface area contributed by atoms with E-state index in [0.717, 1.165) is 11.1 Å². The zero-order valence-corrected chi connectivity index (χ0v) is 12.3. The molecule has 7 nitrogen and oxygen atoms in total. The lowest BCUT2D eigenvalue weighted by atomic mass is 10.4. The summed E-state index contributed by atoms with van der Waals surface area (Å²) in [4.78, 5) is 14.7. The highest BCUT2D eigenvalue weighted by molar-refractivity contribution is 7.89. The Kier molecular flexibility index (Phi) is 3.93. The molecule has 0 aliphatic rings. The van der Waals surface area contributed by atoms with Crippen molar-refractivity contribution in [3.05, 3.63) is 33.7 Å². The molecular weight excluding hydrogens is 304 g/mol. The standard InChI is InChI=1S/C11H12N2O5S2/c1-6-10(3-9(18-6)11(14)15)20(16,17)12-4-8-5-19-7(2)13-8/h3,5,12H,4H2,1-2H3,(H,14,15). The zero-order chi connectivity index (χ0) is 14.9. The molecule has 0 saturated carbocycles. The molecular formula is C11H12N2O5S2. The Balaban J connectivity index is 2.20. The summed E-state index contributed by atoms with van der Waals surface area (Å²) in [5.41, 5.74) is 0.607. The maximum Gasteiger partial charge on any atom is 0.371 e. The van der Waals surface area contributed by atoms with Crippen LogP contribution >= 0.6 is 11.3 Å². The number of aromatic carboxylic acids is 1. The van der Waals surface area contributed by atoms with Gasteiger partial charge < -0.3 is 9.52 Å². The van der Waals surface area contributed by atoms with Crippen LogP contribution in [0.4, 0.5) is 0 Å². The van der Waals surface area contributed by atoms with Gasteiger partial charge in [-0.2, -0.15) is 0 Å². The van der Waals surface area contributed by atoms with Gasteiger partial charge in [0.15, 0.2) is 0 Å². The van der Waals surface area contributed by atoms with Gasteiger partial charge in [0.05, 0.1) is 17.2 Å². The lowest BCUT2D eigenvalue weighted by molar-refractivity contribution is 0.0661. The summed E-state index contributed by atoms with van der Waals surface area (Å²) in [6.45, 7) is 3.26. The third-order valence-corrected chi connectivity index (χ3v) is 4.81. The van der Waals surface area contributed by atoms with Crippen LogP contribution in [0.5, 0.6) is 0 Å². The van der Waals surface area contributed by atoms with Crippen molar-refractivity contribution in [2.75, 3.05) is 0 Å². The number of hydrogen-bond donors (Lipinski definition) is 2. The summed E-state index contributed by atoms with van der Waals surface area (Å²) < 4.78 is 31.4. The van der Waals surface area contributed by atoms with Crippen molar-refractivity contribution in [1.82, 2.24) is 9.71 Å². The van der Waals surface area contributed by atoms with E-state index in [0.29, 0.717) is 5.69 Å². The van der Waals surface area contributed by atoms with Gasteiger partial charge in [-0.25, -0.2) is 22.9 Å². The molecule has 0 atom stereocenters. The second-order valence-electron chi connectivity index (χ2n) is 4.02. The quantitative estimate of drug-likeness (QED) is 0.865. The molecule has 20 heavy (non-hydrogen) atoms. The molecule has 2 rings (SSSR count). The van der Waals surface area contributed by atoms with Gasteiger partial charge >= 0.3 is 5.97 Å². The van der Waals surface area contributed by atoms with Crippen molar-refractivity contribution in [2.45, 2.75) is 25.3 Å². The maximum absolute atomic E-state index is 12.1. The summed E-state index contributed by atoms with van der Waals surface area (Å²) in [6, 6.07) is 0.992. The van der Waals surface area contributed by atoms with E-state index in [1.807, 2.05) is 6.92 Å². The number of aromatic nitrogens is 1. The minimum Gasteiger partial charge on any atom is -0.475 e. The minimum atomic E-state index is -3.84. The number of furan rings is 1. The second-order valence-corrected chi connectivity index (χ2v) is 6.82. The Morgan fingerprint density at radius 1 is 1.50 bits per heavy atom. The summed E-state index contributed by atoms with van der Waals surface area (Å²) >= 11 is 1.42. The van der Waals surface area contributed by atoms with Crippen molar-refractivity contribution in [1.29, 1.82) is 0 Å². The largest absolute Gasteiger partial charge is 0.475 e. The van der Waals surface area contributed by atoms with Crippen LogP contribution in [-0.2, 0) is 16.6 Å². The molecule has 9 heteroatoms. The molecule has 0 aromatic carbocycles. The molecule has 108 valence electrons. The van der Waals surface area contributed by atoms with E-state index in [1.165, 1.54) is 18.3 Å². The third-order valence-electron chi connectivity index (χ3n) is 2.48. The first-order valence-corrected chi connectivity index (χ1v) is 7.90. The highest BCUT2D eigenvalue weighted by Crippen LogP contribution is 2.20. The van der Waals surface area contributed by atoms with Crippen LogP contribution < -0.4 is 4.72 Å². The van der Waals surface area contributed by atoms with Crippen LogP contribution in [0.25, 0.3) is 0 Å². The molecule has 0 fully saturated rings. The summed E-state index contributed by atoms with van der Waals surface area (Å²) in [5, 5.41) is 11.4. The molecule has 0 aliphatic heterocycles. The average molecular weight is 316 g/mol. The molecule has 0 unspecified atom stereocenters. The number of thiazole rings is 1. The monoisotopic (exact) mass is 316 g/mol. The maximum atomic E-state index is 12.1. The fourth-order valence-corrected chi connectivity index (χ4v) is 3.36. The Morgan fingerprint density at radius 2 is 2.20 bits per heavy atom. The Bertz CT molecular complexity index is 745. The van der Waals surface area contributed by atoms with E-state index in [2.05, 4.69) is 9.71 Å². The van der Waals surface area contributed by atoms with E-state index in [1.54, 1.807) is 5.38 Å². The minimum absolute atomic E-state index is 0.0318.